The fraction of sp³-hybridized carbons (Fsp3) is 1.00. The monoisotopic (exact) mass is 528 g/mol. The lowest BCUT2D eigenvalue weighted by molar-refractivity contribution is 0.0223. The molecule has 0 aromatic heterocycles. The SMILES string of the molecule is CN(C)[P+](C)(N(C)C)N1CCOCCOCCN([P+](C)(N(C)C)N(C)C)CCOCCOCC1. The molecule has 1 aliphatic rings. The number of hydrogen-bond donors (Lipinski definition) is 0. The summed E-state index contributed by atoms with van der Waals surface area (Å²) in [6.07, 6.45) is 0. The lowest BCUT2D eigenvalue weighted by Crippen LogP contribution is -2.42. The van der Waals surface area contributed by atoms with Crippen molar-refractivity contribution >= 4 is 15.4 Å². The number of hydrogen-bond acceptors (Lipinski definition) is 10. The molecule has 0 bridgehead atoms. The molecule has 0 saturated carbocycles. The van der Waals surface area contributed by atoms with Gasteiger partial charge in [0.25, 0.3) is 0 Å². The molecule has 0 aliphatic carbocycles. The molecule has 0 aromatic carbocycles. The lowest BCUT2D eigenvalue weighted by Gasteiger charge is -2.41. The first-order valence-electron chi connectivity index (χ1n) is 12.2. The zero-order valence-electron chi connectivity index (χ0n) is 23.7. The standard InChI is InChI=1S/C22H54N6O4P2/c1-23(2)33(9,24(3)4)27-11-15-29-19-21-31-17-13-28(34(10,25(5)6)26(7)8)14-18-32-22-20-30-16-12-27/h11-22H2,1-10H3/q+2. The van der Waals surface area contributed by atoms with Crippen LogP contribution in [-0.4, -0.2) is 177 Å². The second kappa shape index (κ2) is 16.3. The summed E-state index contributed by atoms with van der Waals surface area (Å²) in [6.45, 7) is 13.3. The van der Waals surface area contributed by atoms with Crippen molar-refractivity contribution in [3.63, 3.8) is 0 Å². The third-order valence-corrected chi connectivity index (χ3v) is 15.8. The van der Waals surface area contributed by atoms with Gasteiger partial charge in [0.05, 0.1) is 92.4 Å². The molecule has 12 heteroatoms. The topological polar surface area (TPSA) is 56.4 Å². The van der Waals surface area contributed by atoms with Gasteiger partial charge in [-0.05, 0) is 0 Å². The van der Waals surface area contributed by atoms with Crippen LogP contribution in [0.4, 0.5) is 0 Å². The van der Waals surface area contributed by atoms with Crippen molar-refractivity contribution in [2.24, 2.45) is 0 Å². The van der Waals surface area contributed by atoms with Gasteiger partial charge in [-0.2, -0.15) is 18.7 Å². The highest BCUT2D eigenvalue weighted by Gasteiger charge is 2.46. The molecule has 1 rings (SSSR count). The van der Waals surface area contributed by atoms with Crippen molar-refractivity contribution in [3.05, 3.63) is 0 Å². The summed E-state index contributed by atoms with van der Waals surface area (Å²) in [7, 11) is 14.0. The molecular weight excluding hydrogens is 474 g/mol. The van der Waals surface area contributed by atoms with Crippen molar-refractivity contribution in [2.75, 3.05) is 149 Å². The van der Waals surface area contributed by atoms with Gasteiger partial charge >= 0.3 is 0 Å². The van der Waals surface area contributed by atoms with E-state index in [9.17, 15) is 0 Å². The van der Waals surface area contributed by atoms with Crippen molar-refractivity contribution in [1.29, 1.82) is 0 Å². The summed E-state index contributed by atoms with van der Waals surface area (Å²) < 4.78 is 38.3. The Kier molecular flexibility index (Phi) is 15.6. The van der Waals surface area contributed by atoms with Gasteiger partial charge in [-0.1, -0.05) is 0 Å². The maximum Gasteiger partial charge on any atom is 0.223 e. The maximum absolute atomic E-state index is 5.96. The summed E-state index contributed by atoms with van der Waals surface area (Å²) in [5, 5.41) is 0. The smallest absolute Gasteiger partial charge is 0.223 e. The predicted molar refractivity (Wildman–Crippen MR) is 147 cm³/mol. The summed E-state index contributed by atoms with van der Waals surface area (Å²) in [4.78, 5) is 0. The van der Waals surface area contributed by atoms with Gasteiger partial charge in [-0.15, -0.1) is 9.34 Å². The Morgan fingerprint density at radius 2 is 0.618 bits per heavy atom. The molecule has 0 spiro atoms. The van der Waals surface area contributed by atoms with E-state index in [0.29, 0.717) is 52.9 Å². The van der Waals surface area contributed by atoms with Gasteiger partial charge < -0.3 is 18.9 Å². The fourth-order valence-corrected chi connectivity index (χ4v) is 9.33. The van der Waals surface area contributed by atoms with Crippen LogP contribution in [0, 0.1) is 0 Å². The molecule has 1 saturated heterocycles. The van der Waals surface area contributed by atoms with Crippen LogP contribution < -0.4 is 0 Å². The minimum absolute atomic E-state index is 0.611. The van der Waals surface area contributed by atoms with E-state index >= 15 is 0 Å². The molecule has 0 amide bonds. The zero-order chi connectivity index (χ0) is 25.8. The highest BCUT2D eigenvalue weighted by atomic mass is 31.2. The lowest BCUT2D eigenvalue weighted by atomic mass is 10.6. The normalized spacial score (nSPS) is 21.4. The number of ether oxygens (including phenoxy) is 4. The fourth-order valence-electron chi connectivity index (χ4n) is 4.03. The average molecular weight is 529 g/mol. The first-order valence-corrected chi connectivity index (χ1v) is 16.4. The Bertz CT molecular complexity index is 464. The Hall–Kier alpha value is 0.460. The molecule has 0 N–H and O–H groups in total. The van der Waals surface area contributed by atoms with Crippen LogP contribution in [0.5, 0.6) is 0 Å². The second-order valence-corrected chi connectivity index (χ2v) is 17.3. The molecule has 0 radical (unpaired) electrons. The minimum Gasteiger partial charge on any atom is -0.378 e. The Morgan fingerprint density at radius 3 is 0.794 bits per heavy atom. The highest BCUT2D eigenvalue weighted by Crippen LogP contribution is 2.62. The molecular formula is C22H54N6O4P2+2. The molecule has 0 unspecified atom stereocenters. The minimum atomic E-state index is -1.61. The Balaban J connectivity index is 2.77. The summed E-state index contributed by atoms with van der Waals surface area (Å²) >= 11 is 0. The van der Waals surface area contributed by atoms with Gasteiger partial charge in [0, 0.05) is 56.4 Å². The van der Waals surface area contributed by atoms with Crippen molar-refractivity contribution < 1.29 is 18.9 Å². The van der Waals surface area contributed by atoms with Crippen LogP contribution >= 0.6 is 15.4 Å². The number of rotatable bonds is 6. The molecule has 0 aromatic rings. The van der Waals surface area contributed by atoms with E-state index in [-0.39, 0.29) is 0 Å². The summed E-state index contributed by atoms with van der Waals surface area (Å²) in [6, 6.07) is 0. The van der Waals surface area contributed by atoms with Gasteiger partial charge in [0.15, 0.2) is 0 Å². The molecule has 10 nitrogen and oxygen atoms in total. The molecule has 34 heavy (non-hydrogen) atoms. The first-order chi connectivity index (χ1) is 16.0. The van der Waals surface area contributed by atoms with Crippen LogP contribution in [0.15, 0.2) is 0 Å². The van der Waals surface area contributed by atoms with Crippen LogP contribution in [0.2, 0.25) is 0 Å². The van der Waals surface area contributed by atoms with E-state index in [0.717, 1.165) is 26.2 Å². The highest BCUT2D eigenvalue weighted by molar-refractivity contribution is 7.68. The third kappa shape index (κ3) is 9.40. The third-order valence-electron chi connectivity index (χ3n) is 6.82. The molecule has 1 heterocycles. The Morgan fingerprint density at radius 1 is 0.412 bits per heavy atom. The average Bonchev–Trinajstić information content (AvgIpc) is 2.77. The maximum atomic E-state index is 5.96. The molecule has 1 aliphatic heterocycles. The van der Waals surface area contributed by atoms with E-state index in [1.54, 1.807) is 0 Å². The van der Waals surface area contributed by atoms with E-state index < -0.39 is 15.4 Å². The van der Waals surface area contributed by atoms with Gasteiger partial charge in [-0.3, -0.25) is 0 Å². The van der Waals surface area contributed by atoms with Crippen LogP contribution in [0.3, 0.4) is 0 Å². The van der Waals surface area contributed by atoms with E-state index in [1.165, 1.54) is 0 Å². The van der Waals surface area contributed by atoms with E-state index in [4.69, 9.17) is 18.9 Å². The van der Waals surface area contributed by atoms with Crippen LogP contribution in [-0.2, 0) is 18.9 Å². The Labute approximate surface area is 211 Å². The van der Waals surface area contributed by atoms with Gasteiger partial charge in [0.1, 0.15) is 0 Å². The molecule has 204 valence electrons. The summed E-state index contributed by atoms with van der Waals surface area (Å²) in [5.74, 6) is 0. The first kappa shape index (κ1) is 32.5. The van der Waals surface area contributed by atoms with Crippen molar-refractivity contribution in [3.8, 4) is 0 Å². The predicted octanol–water partition coefficient (Wildman–Crippen LogP) is 1.70. The summed E-state index contributed by atoms with van der Waals surface area (Å²) in [5.41, 5.74) is 0. The van der Waals surface area contributed by atoms with Gasteiger partial charge in [-0.25, -0.2) is 0 Å². The second-order valence-electron chi connectivity index (χ2n) is 9.48. The van der Waals surface area contributed by atoms with Crippen molar-refractivity contribution in [2.45, 2.75) is 0 Å². The number of nitrogens with zero attached hydrogens (tertiary/aromatic N) is 6. The van der Waals surface area contributed by atoms with Crippen molar-refractivity contribution in [1.82, 2.24) is 28.0 Å². The van der Waals surface area contributed by atoms with Crippen LogP contribution in [0.1, 0.15) is 0 Å². The van der Waals surface area contributed by atoms with E-state index in [1.807, 2.05) is 0 Å². The van der Waals surface area contributed by atoms with Crippen LogP contribution in [0.25, 0.3) is 0 Å². The quantitative estimate of drug-likeness (QED) is 0.476. The van der Waals surface area contributed by atoms with Gasteiger partial charge in [0.2, 0.25) is 15.4 Å². The molecule has 0 atom stereocenters. The zero-order valence-corrected chi connectivity index (χ0v) is 25.5. The molecule has 1 fully saturated rings. The largest absolute Gasteiger partial charge is 0.378 e. The van der Waals surface area contributed by atoms with E-state index in [2.05, 4.69) is 97.7 Å².